The highest BCUT2D eigenvalue weighted by atomic mass is 127. The fourth-order valence-corrected chi connectivity index (χ4v) is 3.63. The number of hydrogen-bond donors (Lipinski definition) is 2. The zero-order chi connectivity index (χ0) is 17.3. The number of thioether (sulfide) groups is 1. The molecular weight excluding hydrogens is 447 g/mol. The second-order valence-electron chi connectivity index (χ2n) is 6.25. The first kappa shape index (κ1) is 22.5. The van der Waals surface area contributed by atoms with E-state index < -0.39 is 0 Å². The van der Waals surface area contributed by atoms with Crippen molar-refractivity contribution in [2.75, 3.05) is 54.0 Å². The van der Waals surface area contributed by atoms with Gasteiger partial charge in [-0.3, -0.25) is 4.99 Å². The molecule has 2 rings (SSSR count). The Balaban J connectivity index is 0.00000312. The molecule has 0 unspecified atom stereocenters. The second-order valence-corrected chi connectivity index (χ2v) is 7.79. The van der Waals surface area contributed by atoms with Crippen LogP contribution in [0.1, 0.15) is 12.8 Å². The predicted molar refractivity (Wildman–Crippen MR) is 118 cm³/mol. The van der Waals surface area contributed by atoms with Gasteiger partial charge in [-0.1, -0.05) is 18.2 Å². The highest BCUT2D eigenvalue weighted by Gasteiger charge is 2.43. The molecule has 0 amide bonds. The monoisotopic (exact) mass is 478 g/mol. The first-order chi connectivity index (χ1) is 11.7. The molecule has 0 bridgehead atoms. The van der Waals surface area contributed by atoms with Gasteiger partial charge in [-0.05, 0) is 32.0 Å². The van der Waals surface area contributed by atoms with E-state index in [0.717, 1.165) is 38.7 Å². The molecule has 0 radical (unpaired) electrons. The first-order valence-corrected chi connectivity index (χ1v) is 9.35. The van der Waals surface area contributed by atoms with Crippen LogP contribution in [0.5, 0.6) is 0 Å². The van der Waals surface area contributed by atoms with Gasteiger partial charge < -0.3 is 20.3 Å². The van der Waals surface area contributed by atoms with Gasteiger partial charge in [-0.15, -0.1) is 35.7 Å². The minimum atomic E-state index is 0. The van der Waals surface area contributed by atoms with E-state index in [4.69, 9.17) is 4.74 Å². The Morgan fingerprint density at radius 3 is 2.56 bits per heavy atom. The lowest BCUT2D eigenvalue weighted by Crippen LogP contribution is -2.43. The van der Waals surface area contributed by atoms with Crippen molar-refractivity contribution >= 4 is 41.7 Å². The smallest absolute Gasteiger partial charge is 0.191 e. The molecule has 0 heterocycles. The molecule has 1 aliphatic carbocycles. The summed E-state index contributed by atoms with van der Waals surface area (Å²) in [4.78, 5) is 7.92. The standard InChI is InChI=1S/C18H30N4OS.HI/c1-19-17(20-11-12-22(2)13-14-23-3)21-15-18(9-10-18)24-16-7-5-4-6-8-16;/h4-8H,9-15H2,1-3H3,(H2,19,20,21);1H. The van der Waals surface area contributed by atoms with Crippen molar-refractivity contribution in [1.82, 2.24) is 15.5 Å². The van der Waals surface area contributed by atoms with Crippen LogP contribution in [0, 0.1) is 0 Å². The van der Waals surface area contributed by atoms with Crippen molar-refractivity contribution in [2.45, 2.75) is 22.5 Å². The number of aliphatic imine (C=N–C) groups is 1. The van der Waals surface area contributed by atoms with E-state index in [0.29, 0.717) is 4.75 Å². The van der Waals surface area contributed by atoms with Gasteiger partial charge in [0.15, 0.2) is 5.96 Å². The Morgan fingerprint density at radius 1 is 1.24 bits per heavy atom. The summed E-state index contributed by atoms with van der Waals surface area (Å²) in [6, 6.07) is 10.7. The minimum absolute atomic E-state index is 0. The average molecular weight is 478 g/mol. The highest BCUT2D eigenvalue weighted by molar-refractivity contribution is 14.0. The van der Waals surface area contributed by atoms with Crippen LogP contribution >= 0.6 is 35.7 Å². The summed E-state index contributed by atoms with van der Waals surface area (Å²) < 4.78 is 5.42. The van der Waals surface area contributed by atoms with Gasteiger partial charge >= 0.3 is 0 Å². The summed E-state index contributed by atoms with van der Waals surface area (Å²) in [6.45, 7) is 4.50. The topological polar surface area (TPSA) is 48.9 Å². The van der Waals surface area contributed by atoms with Crippen LogP contribution in [0.3, 0.4) is 0 Å². The van der Waals surface area contributed by atoms with Gasteiger partial charge in [-0.25, -0.2) is 0 Å². The number of halogens is 1. The van der Waals surface area contributed by atoms with Crippen LogP contribution in [0.15, 0.2) is 40.2 Å². The number of benzene rings is 1. The largest absolute Gasteiger partial charge is 0.383 e. The third kappa shape index (κ3) is 8.61. The average Bonchev–Trinajstić information content (AvgIpc) is 3.36. The molecular formula is C18H31IN4OS. The maximum Gasteiger partial charge on any atom is 0.191 e. The number of guanidine groups is 1. The van der Waals surface area contributed by atoms with Crippen LogP contribution in [0.2, 0.25) is 0 Å². The lowest BCUT2D eigenvalue weighted by molar-refractivity contribution is 0.162. The Labute approximate surface area is 173 Å². The van der Waals surface area contributed by atoms with Crippen molar-refractivity contribution in [3.63, 3.8) is 0 Å². The molecule has 0 atom stereocenters. The number of nitrogens with zero attached hydrogens (tertiary/aromatic N) is 2. The zero-order valence-electron chi connectivity index (χ0n) is 15.5. The Morgan fingerprint density at radius 2 is 1.96 bits per heavy atom. The number of likely N-dealkylation sites (N-methyl/N-ethyl adjacent to an activating group) is 1. The van der Waals surface area contributed by atoms with Crippen LogP contribution < -0.4 is 10.6 Å². The van der Waals surface area contributed by atoms with E-state index in [1.165, 1.54) is 17.7 Å². The minimum Gasteiger partial charge on any atom is -0.383 e. The number of ether oxygens (including phenoxy) is 1. The normalized spacial score (nSPS) is 15.6. The molecule has 0 aliphatic heterocycles. The molecule has 1 aromatic rings. The van der Waals surface area contributed by atoms with E-state index in [1.54, 1.807) is 7.11 Å². The SMILES string of the molecule is CN=C(NCCN(C)CCOC)NCC1(Sc2ccccc2)CC1.I. The first-order valence-electron chi connectivity index (χ1n) is 8.53. The molecule has 142 valence electrons. The third-order valence-corrected chi connectivity index (χ3v) is 5.64. The van der Waals surface area contributed by atoms with Gasteiger partial charge in [-0.2, -0.15) is 0 Å². The molecule has 0 spiro atoms. The van der Waals surface area contributed by atoms with Crippen molar-refractivity contribution in [1.29, 1.82) is 0 Å². The quantitative estimate of drug-likeness (QED) is 0.308. The van der Waals surface area contributed by atoms with E-state index in [-0.39, 0.29) is 24.0 Å². The maximum atomic E-state index is 5.09. The zero-order valence-corrected chi connectivity index (χ0v) is 18.6. The summed E-state index contributed by atoms with van der Waals surface area (Å²) in [5, 5.41) is 6.87. The summed E-state index contributed by atoms with van der Waals surface area (Å²) in [7, 11) is 5.67. The van der Waals surface area contributed by atoms with Gasteiger partial charge in [0.25, 0.3) is 0 Å². The van der Waals surface area contributed by atoms with Gasteiger partial charge in [0.05, 0.1) is 6.61 Å². The molecule has 1 fully saturated rings. The summed E-state index contributed by atoms with van der Waals surface area (Å²) in [5.74, 6) is 0.884. The second kappa shape index (κ2) is 12.0. The van der Waals surface area contributed by atoms with Crippen molar-refractivity contribution in [3.05, 3.63) is 30.3 Å². The van der Waals surface area contributed by atoms with E-state index in [1.807, 2.05) is 18.8 Å². The molecule has 5 nitrogen and oxygen atoms in total. The van der Waals surface area contributed by atoms with Gasteiger partial charge in [0.1, 0.15) is 0 Å². The molecule has 0 aromatic heterocycles. The molecule has 7 heteroatoms. The number of hydrogen-bond acceptors (Lipinski definition) is 4. The van der Waals surface area contributed by atoms with Crippen LogP contribution in [-0.2, 0) is 4.74 Å². The number of nitrogens with one attached hydrogen (secondary N) is 2. The molecule has 1 aliphatic rings. The van der Waals surface area contributed by atoms with E-state index in [2.05, 4.69) is 57.9 Å². The molecule has 1 aromatic carbocycles. The molecule has 25 heavy (non-hydrogen) atoms. The molecule has 0 saturated heterocycles. The van der Waals surface area contributed by atoms with E-state index in [9.17, 15) is 0 Å². The highest BCUT2D eigenvalue weighted by Crippen LogP contribution is 2.51. The third-order valence-electron chi connectivity index (χ3n) is 4.15. The van der Waals surface area contributed by atoms with Gasteiger partial charge in [0.2, 0.25) is 0 Å². The summed E-state index contributed by atoms with van der Waals surface area (Å²) >= 11 is 1.98. The van der Waals surface area contributed by atoms with Gasteiger partial charge in [0, 0.05) is 50.0 Å². The Hall–Kier alpha value is -0.510. The lowest BCUT2D eigenvalue weighted by Gasteiger charge is -2.20. The van der Waals surface area contributed by atoms with Crippen molar-refractivity contribution < 1.29 is 4.74 Å². The fourth-order valence-electron chi connectivity index (χ4n) is 2.38. The fraction of sp³-hybridized carbons (Fsp3) is 0.611. The van der Waals surface area contributed by atoms with Crippen molar-refractivity contribution in [3.8, 4) is 0 Å². The lowest BCUT2D eigenvalue weighted by atomic mass is 10.4. The Kier molecular flexibility index (Phi) is 10.8. The summed E-state index contributed by atoms with van der Waals surface area (Å²) in [5.41, 5.74) is 0. The van der Waals surface area contributed by atoms with Crippen LogP contribution in [0.25, 0.3) is 0 Å². The van der Waals surface area contributed by atoms with E-state index >= 15 is 0 Å². The number of rotatable bonds is 10. The molecule has 2 N–H and O–H groups in total. The Bertz CT molecular complexity index is 511. The summed E-state index contributed by atoms with van der Waals surface area (Å²) in [6.07, 6.45) is 2.52. The van der Waals surface area contributed by atoms with Crippen LogP contribution in [-0.4, -0.2) is 69.6 Å². The van der Waals surface area contributed by atoms with Crippen LogP contribution in [0.4, 0.5) is 0 Å². The molecule has 1 saturated carbocycles. The predicted octanol–water partition coefficient (Wildman–Crippen LogP) is 2.67. The maximum absolute atomic E-state index is 5.09. The number of methoxy groups -OCH3 is 1. The van der Waals surface area contributed by atoms with Crippen molar-refractivity contribution in [2.24, 2.45) is 4.99 Å².